The van der Waals surface area contributed by atoms with Gasteiger partial charge in [-0.25, -0.2) is 4.79 Å². The second-order valence-electron chi connectivity index (χ2n) is 3.26. The molecule has 1 amide bonds. The van der Waals surface area contributed by atoms with Gasteiger partial charge in [-0.2, -0.15) is 5.06 Å². The van der Waals surface area contributed by atoms with Crippen molar-refractivity contribution in [2.24, 2.45) is 0 Å². The fraction of sp³-hybridized carbons (Fsp3) is 0.857. The number of cyclic esters (lactones) is 1. The van der Waals surface area contributed by atoms with Gasteiger partial charge in [0, 0.05) is 0 Å². The first kappa shape index (κ1) is 8.74. The van der Waals surface area contributed by atoms with E-state index in [0.29, 0.717) is 0 Å². The number of amides is 1. The third-order valence-electron chi connectivity index (χ3n) is 2.36. The molecule has 0 bridgehead atoms. The standard InChI is InChI=1S/C7H11NO5/c1-3-5(9)6(10)4-2-12-7(11)8(4)13-3/h3-6,9-10H,2H2,1H3/t3-,4+,5-,6+/m0/s1. The SMILES string of the molecule is C[C@@H]1ON2C(=O)OC[C@@H]2[C@@H](O)[C@H]1O. The van der Waals surface area contributed by atoms with E-state index < -0.39 is 30.4 Å². The summed E-state index contributed by atoms with van der Waals surface area (Å²) in [5.74, 6) is 0. The lowest BCUT2D eigenvalue weighted by molar-refractivity contribution is -0.263. The van der Waals surface area contributed by atoms with Crippen LogP contribution in [0.25, 0.3) is 0 Å². The molecule has 2 rings (SSSR count). The number of carbonyl (C=O) groups excluding carboxylic acids is 1. The van der Waals surface area contributed by atoms with Crippen molar-refractivity contribution in [2.75, 3.05) is 6.61 Å². The molecule has 2 heterocycles. The van der Waals surface area contributed by atoms with Gasteiger partial charge >= 0.3 is 6.09 Å². The highest BCUT2D eigenvalue weighted by atomic mass is 16.8. The van der Waals surface area contributed by atoms with Crippen molar-refractivity contribution in [3.8, 4) is 0 Å². The summed E-state index contributed by atoms with van der Waals surface area (Å²) in [7, 11) is 0. The van der Waals surface area contributed by atoms with Crippen molar-refractivity contribution < 1.29 is 24.6 Å². The number of aliphatic hydroxyl groups excluding tert-OH is 2. The highest BCUT2D eigenvalue weighted by Gasteiger charge is 2.48. The molecule has 4 atom stereocenters. The lowest BCUT2D eigenvalue weighted by atomic mass is 10.0. The van der Waals surface area contributed by atoms with E-state index in [1.807, 2.05) is 0 Å². The topological polar surface area (TPSA) is 79.2 Å². The van der Waals surface area contributed by atoms with Gasteiger partial charge in [-0.15, -0.1) is 0 Å². The highest BCUT2D eigenvalue weighted by Crippen LogP contribution is 2.26. The van der Waals surface area contributed by atoms with Crippen molar-refractivity contribution in [3.63, 3.8) is 0 Å². The van der Waals surface area contributed by atoms with Crippen LogP contribution in [0.2, 0.25) is 0 Å². The summed E-state index contributed by atoms with van der Waals surface area (Å²) < 4.78 is 4.66. The average molecular weight is 189 g/mol. The van der Waals surface area contributed by atoms with Crippen LogP contribution in [0.15, 0.2) is 0 Å². The average Bonchev–Trinajstić information content (AvgIpc) is 2.45. The summed E-state index contributed by atoms with van der Waals surface area (Å²) in [5.41, 5.74) is 0. The number of hydrogen-bond acceptors (Lipinski definition) is 5. The predicted molar refractivity (Wildman–Crippen MR) is 39.5 cm³/mol. The Bertz CT molecular complexity index is 233. The molecule has 6 heteroatoms. The Labute approximate surface area is 74.6 Å². The van der Waals surface area contributed by atoms with Crippen molar-refractivity contribution in [1.29, 1.82) is 0 Å². The molecule has 2 saturated heterocycles. The van der Waals surface area contributed by atoms with Crippen LogP contribution in [0.1, 0.15) is 6.92 Å². The third kappa shape index (κ3) is 1.18. The van der Waals surface area contributed by atoms with Crippen LogP contribution in [0.4, 0.5) is 4.79 Å². The van der Waals surface area contributed by atoms with Crippen LogP contribution in [0.5, 0.6) is 0 Å². The molecule has 2 N–H and O–H groups in total. The smallest absolute Gasteiger partial charge is 0.434 e. The molecule has 0 aromatic rings. The second kappa shape index (κ2) is 2.83. The number of aliphatic hydroxyl groups is 2. The molecule has 74 valence electrons. The van der Waals surface area contributed by atoms with Crippen LogP contribution in [-0.2, 0) is 9.57 Å². The largest absolute Gasteiger partial charge is 0.445 e. The monoisotopic (exact) mass is 189 g/mol. The Morgan fingerprint density at radius 3 is 2.85 bits per heavy atom. The summed E-state index contributed by atoms with van der Waals surface area (Å²) in [4.78, 5) is 16.0. The first-order valence-electron chi connectivity index (χ1n) is 4.10. The van der Waals surface area contributed by atoms with Gasteiger partial charge in [0.15, 0.2) is 0 Å². The number of hydroxylamine groups is 2. The Hall–Kier alpha value is -0.850. The molecule has 0 aromatic carbocycles. The number of hydrogen-bond donors (Lipinski definition) is 2. The second-order valence-corrected chi connectivity index (χ2v) is 3.26. The summed E-state index contributed by atoms with van der Waals surface area (Å²) in [5, 5.41) is 19.9. The molecular formula is C7H11NO5. The zero-order valence-corrected chi connectivity index (χ0v) is 7.08. The third-order valence-corrected chi connectivity index (χ3v) is 2.36. The van der Waals surface area contributed by atoms with Crippen LogP contribution < -0.4 is 0 Å². The Morgan fingerprint density at radius 1 is 1.46 bits per heavy atom. The van der Waals surface area contributed by atoms with E-state index in [1.54, 1.807) is 6.92 Å². The van der Waals surface area contributed by atoms with E-state index in [4.69, 9.17) is 4.84 Å². The predicted octanol–water partition coefficient (Wildman–Crippen LogP) is -1.14. The highest BCUT2D eigenvalue weighted by molar-refractivity contribution is 5.69. The van der Waals surface area contributed by atoms with Crippen molar-refractivity contribution in [2.45, 2.75) is 31.3 Å². The lowest BCUT2D eigenvalue weighted by Gasteiger charge is -2.37. The molecule has 0 aromatic heterocycles. The van der Waals surface area contributed by atoms with Crippen LogP contribution in [-0.4, -0.2) is 52.3 Å². The van der Waals surface area contributed by atoms with Gasteiger partial charge in [0.1, 0.15) is 31.0 Å². The molecule has 2 aliphatic rings. The maximum atomic E-state index is 11.0. The Balaban J connectivity index is 2.18. The maximum absolute atomic E-state index is 11.0. The quantitative estimate of drug-likeness (QED) is 0.503. The van der Waals surface area contributed by atoms with E-state index in [-0.39, 0.29) is 6.61 Å². The minimum Gasteiger partial charge on any atom is -0.445 e. The normalized spacial score (nSPS) is 44.5. The molecule has 0 unspecified atom stereocenters. The van der Waals surface area contributed by atoms with Crippen LogP contribution in [0, 0.1) is 0 Å². The molecular weight excluding hydrogens is 178 g/mol. The van der Waals surface area contributed by atoms with E-state index in [9.17, 15) is 15.0 Å². The molecule has 0 spiro atoms. The molecule has 2 fully saturated rings. The lowest BCUT2D eigenvalue weighted by Crippen LogP contribution is -2.58. The summed E-state index contributed by atoms with van der Waals surface area (Å²) in [6.07, 6.45) is -3.19. The fourth-order valence-corrected chi connectivity index (χ4v) is 1.53. The van der Waals surface area contributed by atoms with Crippen molar-refractivity contribution in [1.82, 2.24) is 5.06 Å². The number of ether oxygens (including phenoxy) is 1. The fourth-order valence-electron chi connectivity index (χ4n) is 1.53. The van der Waals surface area contributed by atoms with Gasteiger partial charge in [-0.1, -0.05) is 0 Å². The Morgan fingerprint density at radius 2 is 2.15 bits per heavy atom. The van der Waals surface area contributed by atoms with Gasteiger partial charge < -0.3 is 14.9 Å². The van der Waals surface area contributed by atoms with Crippen molar-refractivity contribution >= 4 is 6.09 Å². The molecule has 0 aliphatic carbocycles. The Kier molecular flexibility index (Phi) is 1.90. The number of nitrogens with zero attached hydrogens (tertiary/aromatic N) is 1. The molecule has 6 nitrogen and oxygen atoms in total. The first-order chi connectivity index (χ1) is 6.11. The number of rotatable bonds is 0. The van der Waals surface area contributed by atoms with Crippen LogP contribution in [0.3, 0.4) is 0 Å². The van der Waals surface area contributed by atoms with Gasteiger partial charge in [-0.05, 0) is 6.92 Å². The molecule has 0 radical (unpaired) electrons. The van der Waals surface area contributed by atoms with E-state index in [0.717, 1.165) is 5.06 Å². The van der Waals surface area contributed by atoms with E-state index in [2.05, 4.69) is 4.74 Å². The minimum atomic E-state index is -1.00. The van der Waals surface area contributed by atoms with E-state index in [1.165, 1.54) is 0 Å². The zero-order chi connectivity index (χ0) is 9.59. The molecule has 13 heavy (non-hydrogen) atoms. The summed E-state index contributed by atoms with van der Waals surface area (Å²) in [6, 6.07) is -0.585. The maximum Gasteiger partial charge on any atom is 0.434 e. The number of fused-ring (bicyclic) bond motifs is 1. The summed E-state index contributed by atoms with van der Waals surface area (Å²) >= 11 is 0. The minimum absolute atomic E-state index is 0.0593. The molecule has 0 saturated carbocycles. The van der Waals surface area contributed by atoms with Crippen LogP contribution >= 0.6 is 0 Å². The summed E-state index contributed by atoms with van der Waals surface area (Å²) in [6.45, 7) is 1.64. The van der Waals surface area contributed by atoms with Gasteiger partial charge in [0.2, 0.25) is 0 Å². The van der Waals surface area contributed by atoms with Gasteiger partial charge in [-0.3, -0.25) is 4.84 Å². The van der Waals surface area contributed by atoms with E-state index >= 15 is 0 Å². The van der Waals surface area contributed by atoms with Crippen molar-refractivity contribution in [3.05, 3.63) is 0 Å². The number of carbonyl (C=O) groups is 1. The van der Waals surface area contributed by atoms with Gasteiger partial charge in [0.25, 0.3) is 0 Å². The zero-order valence-electron chi connectivity index (χ0n) is 7.08. The first-order valence-corrected chi connectivity index (χ1v) is 4.10. The van der Waals surface area contributed by atoms with Gasteiger partial charge in [0.05, 0.1) is 0 Å². The molecule has 2 aliphatic heterocycles.